The molecule has 1 N–H and O–H groups in total. The molecule has 80 valence electrons. The van der Waals surface area contributed by atoms with E-state index in [-0.39, 0.29) is 5.92 Å². The maximum Gasteiger partial charge on any atom is 0.0942 e. The second-order valence-electron chi connectivity index (χ2n) is 4.00. The lowest BCUT2D eigenvalue weighted by molar-refractivity contribution is -0.0636. The number of hydrogen-bond acceptors (Lipinski definition) is 3. The van der Waals surface area contributed by atoms with Crippen LogP contribution in [-0.2, 0) is 11.2 Å². The van der Waals surface area contributed by atoms with Crippen molar-refractivity contribution in [3.8, 4) is 0 Å². The molecule has 0 radical (unpaired) electrons. The summed E-state index contributed by atoms with van der Waals surface area (Å²) in [5.41, 5.74) is 0.443. The number of rotatable bonds is 5. The van der Waals surface area contributed by atoms with Crippen molar-refractivity contribution >= 4 is 11.3 Å². The van der Waals surface area contributed by atoms with Gasteiger partial charge in [0.2, 0.25) is 0 Å². The first kappa shape index (κ1) is 11.7. The lowest BCUT2D eigenvalue weighted by atomic mass is 9.86. The standard InChI is InChI=1S/C11H18O2S/c1-9(2)11(12,8-13-3)6-10-4-5-14-7-10/h4-5,7,9,12H,6,8H2,1-3H3. The van der Waals surface area contributed by atoms with Crippen LogP contribution in [0.15, 0.2) is 16.8 Å². The predicted octanol–water partition coefficient (Wildman–Crippen LogP) is 2.32. The fraction of sp³-hybridized carbons (Fsp3) is 0.636. The van der Waals surface area contributed by atoms with Gasteiger partial charge < -0.3 is 9.84 Å². The third kappa shape index (κ3) is 2.80. The SMILES string of the molecule is COCC(O)(Cc1ccsc1)C(C)C. The van der Waals surface area contributed by atoms with E-state index in [4.69, 9.17) is 4.74 Å². The first-order valence-electron chi connectivity index (χ1n) is 4.81. The van der Waals surface area contributed by atoms with Gasteiger partial charge in [0, 0.05) is 13.5 Å². The van der Waals surface area contributed by atoms with Crippen LogP contribution in [0.4, 0.5) is 0 Å². The summed E-state index contributed by atoms with van der Waals surface area (Å²) in [4.78, 5) is 0. The van der Waals surface area contributed by atoms with Crippen molar-refractivity contribution in [1.82, 2.24) is 0 Å². The zero-order valence-corrected chi connectivity index (χ0v) is 9.80. The van der Waals surface area contributed by atoms with Crippen molar-refractivity contribution in [2.45, 2.75) is 25.9 Å². The molecule has 2 nitrogen and oxygen atoms in total. The molecule has 1 heterocycles. The van der Waals surface area contributed by atoms with Gasteiger partial charge in [0.1, 0.15) is 0 Å². The van der Waals surface area contributed by atoms with Gasteiger partial charge >= 0.3 is 0 Å². The van der Waals surface area contributed by atoms with E-state index in [1.165, 1.54) is 5.56 Å². The molecule has 0 aliphatic carbocycles. The minimum atomic E-state index is -0.740. The average molecular weight is 214 g/mol. The van der Waals surface area contributed by atoms with Crippen LogP contribution in [0.5, 0.6) is 0 Å². The fourth-order valence-electron chi connectivity index (χ4n) is 1.42. The van der Waals surface area contributed by atoms with E-state index in [1.807, 2.05) is 25.3 Å². The Morgan fingerprint density at radius 1 is 1.57 bits per heavy atom. The van der Waals surface area contributed by atoms with Crippen LogP contribution in [0, 0.1) is 5.92 Å². The summed E-state index contributed by atoms with van der Waals surface area (Å²) in [7, 11) is 1.63. The summed E-state index contributed by atoms with van der Waals surface area (Å²) in [6.07, 6.45) is 0.669. The molecule has 0 spiro atoms. The third-order valence-electron chi connectivity index (χ3n) is 2.56. The average Bonchev–Trinajstić information content (AvgIpc) is 2.56. The molecule has 1 rings (SSSR count). The first-order chi connectivity index (χ1) is 6.58. The van der Waals surface area contributed by atoms with Crippen molar-refractivity contribution in [2.24, 2.45) is 5.92 Å². The Morgan fingerprint density at radius 2 is 2.29 bits per heavy atom. The largest absolute Gasteiger partial charge is 0.387 e. The number of hydrogen-bond donors (Lipinski definition) is 1. The van der Waals surface area contributed by atoms with Crippen LogP contribution >= 0.6 is 11.3 Å². The van der Waals surface area contributed by atoms with Crippen LogP contribution in [-0.4, -0.2) is 24.4 Å². The van der Waals surface area contributed by atoms with Crippen molar-refractivity contribution in [3.05, 3.63) is 22.4 Å². The molecule has 0 saturated heterocycles. The van der Waals surface area contributed by atoms with Crippen LogP contribution < -0.4 is 0 Å². The van der Waals surface area contributed by atoms with Crippen molar-refractivity contribution in [1.29, 1.82) is 0 Å². The van der Waals surface area contributed by atoms with Crippen molar-refractivity contribution < 1.29 is 9.84 Å². The molecule has 14 heavy (non-hydrogen) atoms. The van der Waals surface area contributed by atoms with E-state index in [0.29, 0.717) is 13.0 Å². The van der Waals surface area contributed by atoms with Gasteiger partial charge in [-0.05, 0) is 28.3 Å². The fourth-order valence-corrected chi connectivity index (χ4v) is 2.09. The molecule has 0 fully saturated rings. The van der Waals surface area contributed by atoms with Gasteiger partial charge in [-0.3, -0.25) is 0 Å². The Morgan fingerprint density at radius 3 is 2.71 bits per heavy atom. The lowest BCUT2D eigenvalue weighted by Crippen LogP contribution is -2.42. The van der Waals surface area contributed by atoms with Crippen molar-refractivity contribution in [2.75, 3.05) is 13.7 Å². The number of methoxy groups -OCH3 is 1. The molecule has 1 unspecified atom stereocenters. The molecule has 0 amide bonds. The Bertz CT molecular complexity index is 256. The van der Waals surface area contributed by atoms with E-state index in [0.717, 1.165) is 0 Å². The molecule has 3 heteroatoms. The summed E-state index contributed by atoms with van der Waals surface area (Å²) in [5, 5.41) is 14.4. The van der Waals surface area contributed by atoms with Gasteiger partial charge in [0.25, 0.3) is 0 Å². The number of ether oxygens (including phenoxy) is 1. The van der Waals surface area contributed by atoms with Gasteiger partial charge in [0.15, 0.2) is 0 Å². The summed E-state index contributed by atoms with van der Waals surface area (Å²) >= 11 is 1.66. The first-order valence-corrected chi connectivity index (χ1v) is 5.75. The Kier molecular flexibility index (Phi) is 4.11. The van der Waals surface area contributed by atoms with Gasteiger partial charge in [-0.1, -0.05) is 13.8 Å². The molecule has 1 aromatic heterocycles. The molecule has 0 aromatic carbocycles. The van der Waals surface area contributed by atoms with E-state index < -0.39 is 5.60 Å². The second-order valence-corrected chi connectivity index (χ2v) is 4.78. The lowest BCUT2D eigenvalue weighted by Gasteiger charge is -2.31. The van der Waals surface area contributed by atoms with Gasteiger partial charge in [-0.2, -0.15) is 11.3 Å². The third-order valence-corrected chi connectivity index (χ3v) is 3.29. The number of thiophene rings is 1. The van der Waals surface area contributed by atoms with Crippen LogP contribution in [0.2, 0.25) is 0 Å². The molecule has 1 aromatic rings. The Balaban J connectivity index is 2.69. The second kappa shape index (κ2) is 4.91. The highest BCUT2D eigenvalue weighted by molar-refractivity contribution is 7.07. The monoisotopic (exact) mass is 214 g/mol. The Labute approximate surface area is 89.5 Å². The zero-order chi connectivity index (χ0) is 10.6. The van der Waals surface area contributed by atoms with Gasteiger partial charge in [-0.15, -0.1) is 0 Å². The predicted molar refractivity (Wildman–Crippen MR) is 59.7 cm³/mol. The quantitative estimate of drug-likeness (QED) is 0.815. The normalized spacial score (nSPS) is 15.8. The molecule has 0 aliphatic heterocycles. The molecular formula is C11H18O2S. The molecule has 0 aliphatic rings. The molecule has 0 bridgehead atoms. The summed E-state index contributed by atoms with van der Waals surface area (Å²) in [6.45, 7) is 4.43. The maximum absolute atomic E-state index is 10.3. The minimum Gasteiger partial charge on any atom is -0.387 e. The van der Waals surface area contributed by atoms with E-state index >= 15 is 0 Å². The smallest absolute Gasteiger partial charge is 0.0942 e. The number of aliphatic hydroxyl groups is 1. The highest BCUT2D eigenvalue weighted by atomic mass is 32.1. The van der Waals surface area contributed by atoms with Crippen molar-refractivity contribution in [3.63, 3.8) is 0 Å². The van der Waals surface area contributed by atoms with Crippen LogP contribution in [0.3, 0.4) is 0 Å². The van der Waals surface area contributed by atoms with E-state index in [2.05, 4.69) is 5.38 Å². The molecular weight excluding hydrogens is 196 g/mol. The summed E-state index contributed by atoms with van der Waals surface area (Å²) < 4.78 is 5.07. The minimum absolute atomic E-state index is 0.197. The van der Waals surface area contributed by atoms with E-state index in [9.17, 15) is 5.11 Å². The van der Waals surface area contributed by atoms with Crippen LogP contribution in [0.25, 0.3) is 0 Å². The topological polar surface area (TPSA) is 29.5 Å². The molecule has 0 saturated carbocycles. The Hall–Kier alpha value is -0.380. The summed E-state index contributed by atoms with van der Waals surface area (Å²) in [6, 6.07) is 2.05. The highest BCUT2D eigenvalue weighted by Gasteiger charge is 2.31. The molecule has 1 atom stereocenters. The summed E-state index contributed by atoms with van der Waals surface area (Å²) in [5.74, 6) is 0.197. The van der Waals surface area contributed by atoms with Crippen LogP contribution in [0.1, 0.15) is 19.4 Å². The highest BCUT2D eigenvalue weighted by Crippen LogP contribution is 2.23. The van der Waals surface area contributed by atoms with E-state index in [1.54, 1.807) is 18.4 Å². The maximum atomic E-state index is 10.3. The zero-order valence-electron chi connectivity index (χ0n) is 8.99. The van der Waals surface area contributed by atoms with Gasteiger partial charge in [0.05, 0.1) is 12.2 Å². The van der Waals surface area contributed by atoms with Gasteiger partial charge in [-0.25, -0.2) is 0 Å².